The minimum Gasteiger partial charge on any atom is -0.496 e. The van der Waals surface area contributed by atoms with Gasteiger partial charge < -0.3 is 15.0 Å². The van der Waals surface area contributed by atoms with E-state index >= 15 is 0 Å². The van der Waals surface area contributed by atoms with E-state index in [-0.39, 0.29) is 0 Å². The molecule has 6 heteroatoms. The molecule has 0 fully saturated rings. The van der Waals surface area contributed by atoms with Crippen molar-refractivity contribution >= 4 is 11.6 Å². The molecule has 1 aromatic carbocycles. The Morgan fingerprint density at radius 3 is 2.95 bits per heavy atom. The second-order valence-corrected chi connectivity index (χ2v) is 5.17. The third kappa shape index (κ3) is 3.49. The Balaban J connectivity index is 2.16. The first kappa shape index (κ1) is 14.8. The molecule has 0 radical (unpaired) electrons. The van der Waals surface area contributed by atoms with E-state index in [1.54, 1.807) is 19.2 Å². The molecule has 1 aromatic heterocycles. The summed E-state index contributed by atoms with van der Waals surface area (Å²) in [4.78, 5) is 4.38. The van der Waals surface area contributed by atoms with E-state index in [0.717, 1.165) is 18.4 Å². The maximum atomic E-state index is 5.93. The van der Waals surface area contributed by atoms with Crippen LogP contribution in [0.2, 0.25) is 5.02 Å². The summed E-state index contributed by atoms with van der Waals surface area (Å²) in [7, 11) is 1.58. The number of rotatable bonds is 6. The number of aromatic nitrogens is 2. The van der Waals surface area contributed by atoms with Gasteiger partial charge in [0, 0.05) is 11.4 Å². The topological polar surface area (TPSA) is 74.2 Å². The molecule has 0 amide bonds. The van der Waals surface area contributed by atoms with Crippen molar-refractivity contribution in [1.82, 2.24) is 10.1 Å². The summed E-state index contributed by atoms with van der Waals surface area (Å²) in [6.07, 6.45) is 1.65. The van der Waals surface area contributed by atoms with Crippen LogP contribution >= 0.6 is 11.6 Å². The first-order valence-corrected chi connectivity index (χ1v) is 6.88. The zero-order valence-corrected chi connectivity index (χ0v) is 12.4. The van der Waals surface area contributed by atoms with Crippen molar-refractivity contribution in [2.24, 2.45) is 11.7 Å². The Hall–Kier alpha value is -1.59. The standard InChI is InChI=1S/C14H18ClN3O2/c1-9(8-16)3-6-13-17-14(18-20-13)11-5-4-10(15)7-12(11)19-2/h4-5,7,9H,3,6,8,16H2,1-2H3. The quantitative estimate of drug-likeness (QED) is 0.887. The molecule has 0 aliphatic carbocycles. The summed E-state index contributed by atoms with van der Waals surface area (Å²) in [5, 5.41) is 4.59. The summed E-state index contributed by atoms with van der Waals surface area (Å²) >= 11 is 5.93. The second kappa shape index (κ2) is 6.72. The number of hydrogen-bond acceptors (Lipinski definition) is 5. The van der Waals surface area contributed by atoms with Crippen LogP contribution in [0.5, 0.6) is 5.75 Å². The maximum Gasteiger partial charge on any atom is 0.226 e. The molecule has 0 saturated carbocycles. The van der Waals surface area contributed by atoms with Gasteiger partial charge >= 0.3 is 0 Å². The predicted molar refractivity (Wildman–Crippen MR) is 77.8 cm³/mol. The lowest BCUT2D eigenvalue weighted by molar-refractivity contribution is 0.365. The van der Waals surface area contributed by atoms with Crippen LogP contribution < -0.4 is 10.5 Å². The third-order valence-corrected chi connectivity index (χ3v) is 3.36. The molecule has 2 aromatic rings. The lowest BCUT2D eigenvalue weighted by atomic mass is 10.1. The Morgan fingerprint density at radius 2 is 2.25 bits per heavy atom. The molecule has 2 N–H and O–H groups in total. The zero-order chi connectivity index (χ0) is 14.5. The van der Waals surface area contributed by atoms with Gasteiger partial charge in [-0.1, -0.05) is 23.7 Å². The monoisotopic (exact) mass is 295 g/mol. The van der Waals surface area contributed by atoms with Crippen LogP contribution in [0.15, 0.2) is 22.7 Å². The highest BCUT2D eigenvalue weighted by atomic mass is 35.5. The maximum absolute atomic E-state index is 5.93. The number of nitrogens with two attached hydrogens (primary N) is 1. The van der Waals surface area contributed by atoms with Gasteiger partial charge in [-0.25, -0.2) is 0 Å². The van der Waals surface area contributed by atoms with Crippen molar-refractivity contribution in [3.63, 3.8) is 0 Å². The van der Waals surface area contributed by atoms with Gasteiger partial charge in [-0.15, -0.1) is 0 Å². The van der Waals surface area contributed by atoms with Crippen molar-refractivity contribution in [3.05, 3.63) is 29.1 Å². The normalized spacial score (nSPS) is 12.4. The fourth-order valence-corrected chi connectivity index (χ4v) is 1.97. The highest BCUT2D eigenvalue weighted by Gasteiger charge is 2.14. The van der Waals surface area contributed by atoms with Crippen LogP contribution in [-0.2, 0) is 6.42 Å². The third-order valence-electron chi connectivity index (χ3n) is 3.13. The number of methoxy groups -OCH3 is 1. The summed E-state index contributed by atoms with van der Waals surface area (Å²) in [5.41, 5.74) is 6.35. The Morgan fingerprint density at radius 1 is 1.45 bits per heavy atom. The molecule has 20 heavy (non-hydrogen) atoms. The Labute approximate surface area is 123 Å². The van der Waals surface area contributed by atoms with Gasteiger partial charge in [0.05, 0.1) is 12.7 Å². The van der Waals surface area contributed by atoms with Crippen molar-refractivity contribution < 1.29 is 9.26 Å². The minimum absolute atomic E-state index is 0.440. The molecule has 0 aliphatic heterocycles. The summed E-state index contributed by atoms with van der Waals surface area (Å²) < 4.78 is 10.5. The average Bonchev–Trinajstić information content (AvgIpc) is 2.93. The first-order chi connectivity index (χ1) is 9.63. The van der Waals surface area contributed by atoms with Crippen molar-refractivity contribution in [1.29, 1.82) is 0 Å². The van der Waals surface area contributed by atoms with E-state index in [1.807, 2.05) is 6.07 Å². The SMILES string of the molecule is COc1cc(Cl)ccc1-c1noc(CCC(C)CN)n1. The van der Waals surface area contributed by atoms with Gasteiger partial charge in [0.25, 0.3) is 0 Å². The largest absolute Gasteiger partial charge is 0.496 e. The lowest BCUT2D eigenvalue weighted by Gasteiger charge is -2.05. The van der Waals surface area contributed by atoms with Crippen molar-refractivity contribution in [2.75, 3.05) is 13.7 Å². The van der Waals surface area contributed by atoms with E-state index in [0.29, 0.717) is 34.9 Å². The highest BCUT2D eigenvalue weighted by molar-refractivity contribution is 6.30. The molecule has 0 aliphatic rings. The number of halogens is 1. The number of nitrogens with zero attached hydrogens (tertiary/aromatic N) is 2. The summed E-state index contributed by atoms with van der Waals surface area (Å²) in [6, 6.07) is 5.31. The fourth-order valence-electron chi connectivity index (χ4n) is 1.80. The molecule has 0 spiro atoms. The highest BCUT2D eigenvalue weighted by Crippen LogP contribution is 2.30. The second-order valence-electron chi connectivity index (χ2n) is 4.74. The van der Waals surface area contributed by atoms with E-state index in [1.165, 1.54) is 0 Å². The van der Waals surface area contributed by atoms with Crippen LogP contribution in [0.25, 0.3) is 11.4 Å². The van der Waals surface area contributed by atoms with Gasteiger partial charge in [0.1, 0.15) is 5.75 Å². The molecule has 0 saturated heterocycles. The summed E-state index contributed by atoms with van der Waals surface area (Å²) in [5.74, 6) is 2.18. The molecule has 108 valence electrons. The van der Waals surface area contributed by atoms with E-state index in [4.69, 9.17) is 26.6 Å². The van der Waals surface area contributed by atoms with Crippen LogP contribution in [0, 0.1) is 5.92 Å². The van der Waals surface area contributed by atoms with E-state index < -0.39 is 0 Å². The predicted octanol–water partition coefficient (Wildman–Crippen LogP) is 2.93. The van der Waals surface area contributed by atoms with Crippen LogP contribution in [0.3, 0.4) is 0 Å². The van der Waals surface area contributed by atoms with Gasteiger partial charge in [-0.05, 0) is 37.1 Å². The number of aryl methyl sites for hydroxylation is 1. The molecule has 1 atom stereocenters. The number of ether oxygens (including phenoxy) is 1. The number of benzene rings is 1. The first-order valence-electron chi connectivity index (χ1n) is 6.50. The van der Waals surface area contributed by atoms with Gasteiger partial charge in [-0.2, -0.15) is 4.98 Å². The molecule has 1 unspecified atom stereocenters. The minimum atomic E-state index is 0.440. The Bertz CT molecular complexity index is 571. The van der Waals surface area contributed by atoms with Crippen LogP contribution in [0.1, 0.15) is 19.2 Å². The van der Waals surface area contributed by atoms with Gasteiger partial charge in [-0.3, -0.25) is 0 Å². The lowest BCUT2D eigenvalue weighted by Crippen LogP contribution is -2.11. The van der Waals surface area contributed by atoms with Crippen molar-refractivity contribution in [2.45, 2.75) is 19.8 Å². The zero-order valence-electron chi connectivity index (χ0n) is 11.6. The Kier molecular flexibility index (Phi) is 4.98. The molecular formula is C14H18ClN3O2. The fraction of sp³-hybridized carbons (Fsp3) is 0.429. The van der Waals surface area contributed by atoms with E-state index in [2.05, 4.69) is 17.1 Å². The van der Waals surface area contributed by atoms with E-state index in [9.17, 15) is 0 Å². The molecule has 0 bridgehead atoms. The van der Waals surface area contributed by atoms with Gasteiger partial charge in [0.15, 0.2) is 0 Å². The molecule has 1 heterocycles. The average molecular weight is 296 g/mol. The van der Waals surface area contributed by atoms with Crippen molar-refractivity contribution in [3.8, 4) is 17.1 Å². The van der Waals surface area contributed by atoms with Crippen LogP contribution in [-0.4, -0.2) is 23.8 Å². The smallest absolute Gasteiger partial charge is 0.226 e. The molecular weight excluding hydrogens is 278 g/mol. The van der Waals surface area contributed by atoms with Crippen LogP contribution in [0.4, 0.5) is 0 Å². The molecule has 5 nitrogen and oxygen atoms in total. The number of hydrogen-bond donors (Lipinski definition) is 1. The molecule has 2 rings (SSSR count). The van der Waals surface area contributed by atoms with Gasteiger partial charge in [0.2, 0.25) is 11.7 Å². The summed E-state index contributed by atoms with van der Waals surface area (Å²) in [6.45, 7) is 2.76.